The summed E-state index contributed by atoms with van der Waals surface area (Å²) in [5.74, 6) is -0.708. The van der Waals surface area contributed by atoms with Crippen molar-refractivity contribution in [3.8, 4) is 0 Å². The van der Waals surface area contributed by atoms with Gasteiger partial charge in [-0.25, -0.2) is 0 Å². The van der Waals surface area contributed by atoms with E-state index in [-0.39, 0.29) is 31.6 Å². The molecule has 0 aliphatic carbocycles. The van der Waals surface area contributed by atoms with Gasteiger partial charge in [-0.1, -0.05) is 183 Å². The molecule has 0 aliphatic heterocycles. The van der Waals surface area contributed by atoms with Crippen LogP contribution in [-0.2, 0) is 19.1 Å². The third-order valence-electron chi connectivity index (χ3n) is 9.45. The van der Waals surface area contributed by atoms with Crippen molar-refractivity contribution in [3.05, 3.63) is 72.9 Å². The Morgan fingerprint density at radius 1 is 0.426 bits per heavy atom. The van der Waals surface area contributed by atoms with Crippen LogP contribution < -0.4 is 0 Å². The minimum Gasteiger partial charge on any atom is -0.462 e. The number of carbonyl (C=O) groups is 2. The Hall–Kier alpha value is -2.66. The summed E-state index contributed by atoms with van der Waals surface area (Å²) < 4.78 is 10.6. The standard InChI is InChI=1S/C49H84O5/c1-3-5-7-9-11-13-15-17-19-21-22-23-24-25-26-28-29-31-33-35-37-39-41-43-48(51)53-46-47(45-50)54-49(52)44-42-40-38-36-34-32-30-27-20-18-16-14-12-10-8-6-4-2/h12,14,18,20,28-30,32,35-38,47,50H,3-11,13,15-17,19,21-27,31,33-34,39-46H2,1-2H3/b14-12+,20-18+,29-28+,32-30+,37-35+,38-36+/t47-/m0/s1. The molecule has 0 rings (SSSR count). The average molecular weight is 753 g/mol. The van der Waals surface area contributed by atoms with Gasteiger partial charge in [-0.05, 0) is 83.5 Å². The van der Waals surface area contributed by atoms with E-state index in [4.69, 9.17) is 9.47 Å². The second-order valence-electron chi connectivity index (χ2n) is 14.8. The van der Waals surface area contributed by atoms with Crippen molar-refractivity contribution in [2.24, 2.45) is 0 Å². The maximum atomic E-state index is 12.2. The molecule has 1 atom stereocenters. The van der Waals surface area contributed by atoms with Gasteiger partial charge >= 0.3 is 11.9 Å². The lowest BCUT2D eigenvalue weighted by molar-refractivity contribution is -0.161. The lowest BCUT2D eigenvalue weighted by atomic mass is 10.0. The van der Waals surface area contributed by atoms with E-state index >= 15 is 0 Å². The van der Waals surface area contributed by atoms with Gasteiger partial charge < -0.3 is 14.6 Å². The van der Waals surface area contributed by atoms with Gasteiger partial charge in [0, 0.05) is 12.8 Å². The number of carbonyl (C=O) groups excluding carboxylic acids is 2. The second-order valence-corrected chi connectivity index (χ2v) is 14.8. The zero-order chi connectivity index (χ0) is 39.3. The quantitative estimate of drug-likeness (QED) is 0.0383. The first kappa shape index (κ1) is 51.3. The molecular weight excluding hydrogens is 669 g/mol. The topological polar surface area (TPSA) is 72.8 Å². The molecule has 1 N–H and O–H groups in total. The summed E-state index contributed by atoms with van der Waals surface area (Å²) in [6, 6.07) is 0. The Morgan fingerprint density at radius 2 is 0.759 bits per heavy atom. The van der Waals surface area contributed by atoms with Crippen molar-refractivity contribution in [2.45, 2.75) is 213 Å². The van der Waals surface area contributed by atoms with Crippen molar-refractivity contribution in [3.63, 3.8) is 0 Å². The molecule has 0 aliphatic rings. The van der Waals surface area contributed by atoms with E-state index in [9.17, 15) is 14.7 Å². The van der Waals surface area contributed by atoms with E-state index in [0.717, 1.165) is 44.9 Å². The van der Waals surface area contributed by atoms with Gasteiger partial charge in [-0.3, -0.25) is 9.59 Å². The normalized spacial score (nSPS) is 12.9. The van der Waals surface area contributed by atoms with Crippen LogP contribution in [0.2, 0.25) is 0 Å². The Bertz CT molecular complexity index is 988. The number of unbranched alkanes of at least 4 members (excludes halogenated alkanes) is 20. The van der Waals surface area contributed by atoms with Crippen LogP contribution in [0.1, 0.15) is 206 Å². The highest BCUT2D eigenvalue weighted by Gasteiger charge is 2.15. The van der Waals surface area contributed by atoms with Crippen LogP contribution >= 0.6 is 0 Å². The molecule has 0 aromatic carbocycles. The van der Waals surface area contributed by atoms with E-state index in [0.29, 0.717) is 19.3 Å². The van der Waals surface area contributed by atoms with Gasteiger partial charge in [0.2, 0.25) is 0 Å². The van der Waals surface area contributed by atoms with E-state index in [1.807, 2.05) is 0 Å². The SMILES string of the molecule is CCCCC/C=C/C/C=C/C/C=C/C/C=C/CCCC(=O)O[C@@H](CO)COC(=O)CCC/C=C/CC/C=C/CCCCCCCCCCCCCCCC. The Kier molecular flexibility index (Phi) is 42.5. The van der Waals surface area contributed by atoms with E-state index < -0.39 is 6.10 Å². The van der Waals surface area contributed by atoms with Crippen molar-refractivity contribution < 1.29 is 24.2 Å². The Labute approximate surface area is 333 Å². The number of rotatable bonds is 40. The fourth-order valence-corrected chi connectivity index (χ4v) is 6.04. The predicted octanol–water partition coefficient (Wildman–Crippen LogP) is 14.5. The summed E-state index contributed by atoms with van der Waals surface area (Å²) in [4.78, 5) is 24.3. The van der Waals surface area contributed by atoms with Gasteiger partial charge in [0.05, 0.1) is 6.61 Å². The minimum absolute atomic E-state index is 0.111. The average Bonchev–Trinajstić information content (AvgIpc) is 3.17. The summed E-state index contributed by atoms with van der Waals surface area (Å²) in [5, 5.41) is 9.57. The highest BCUT2D eigenvalue weighted by molar-refractivity contribution is 5.70. The first-order valence-electron chi connectivity index (χ1n) is 22.5. The molecule has 0 heterocycles. The molecule has 0 aromatic heterocycles. The second kappa shape index (κ2) is 44.7. The molecule has 310 valence electrons. The summed E-state index contributed by atoms with van der Waals surface area (Å²) in [6.45, 7) is 4.04. The molecule has 0 unspecified atom stereocenters. The highest BCUT2D eigenvalue weighted by Crippen LogP contribution is 2.14. The largest absolute Gasteiger partial charge is 0.462 e. The molecule has 0 radical (unpaired) electrons. The summed E-state index contributed by atoms with van der Waals surface area (Å²) in [5.41, 5.74) is 0. The van der Waals surface area contributed by atoms with Gasteiger partial charge in [0.15, 0.2) is 6.10 Å². The van der Waals surface area contributed by atoms with E-state index in [1.54, 1.807) is 0 Å². The monoisotopic (exact) mass is 753 g/mol. The number of aliphatic hydroxyl groups excluding tert-OH is 1. The van der Waals surface area contributed by atoms with Crippen LogP contribution in [0.15, 0.2) is 72.9 Å². The molecule has 5 heteroatoms. The Morgan fingerprint density at radius 3 is 1.22 bits per heavy atom. The molecule has 0 amide bonds. The molecule has 0 bridgehead atoms. The van der Waals surface area contributed by atoms with Crippen molar-refractivity contribution >= 4 is 11.9 Å². The van der Waals surface area contributed by atoms with Crippen LogP contribution in [0, 0.1) is 0 Å². The molecule has 0 saturated carbocycles. The van der Waals surface area contributed by atoms with Crippen LogP contribution in [0.25, 0.3) is 0 Å². The van der Waals surface area contributed by atoms with Crippen LogP contribution in [0.5, 0.6) is 0 Å². The Balaban J connectivity index is 3.66. The first-order chi connectivity index (χ1) is 26.6. The molecule has 0 aromatic rings. The molecule has 0 saturated heterocycles. The molecule has 54 heavy (non-hydrogen) atoms. The highest BCUT2D eigenvalue weighted by atomic mass is 16.6. The number of hydrogen-bond acceptors (Lipinski definition) is 5. The zero-order valence-corrected chi connectivity index (χ0v) is 35.2. The number of allylic oxidation sites excluding steroid dienone is 12. The zero-order valence-electron chi connectivity index (χ0n) is 35.2. The van der Waals surface area contributed by atoms with Crippen LogP contribution in [-0.4, -0.2) is 36.4 Å². The lowest BCUT2D eigenvalue weighted by Crippen LogP contribution is -2.28. The summed E-state index contributed by atoms with van der Waals surface area (Å²) in [6.07, 6.45) is 59.9. The molecule has 0 spiro atoms. The van der Waals surface area contributed by atoms with E-state index in [2.05, 4.69) is 86.8 Å². The third kappa shape index (κ3) is 42.1. The number of aliphatic hydroxyl groups is 1. The lowest BCUT2D eigenvalue weighted by Gasteiger charge is -2.15. The van der Waals surface area contributed by atoms with Crippen molar-refractivity contribution in [1.82, 2.24) is 0 Å². The van der Waals surface area contributed by atoms with Crippen LogP contribution in [0.3, 0.4) is 0 Å². The third-order valence-corrected chi connectivity index (χ3v) is 9.45. The van der Waals surface area contributed by atoms with Crippen LogP contribution in [0.4, 0.5) is 0 Å². The minimum atomic E-state index is -0.819. The molecular formula is C49H84O5. The summed E-state index contributed by atoms with van der Waals surface area (Å²) >= 11 is 0. The number of ether oxygens (including phenoxy) is 2. The van der Waals surface area contributed by atoms with Crippen molar-refractivity contribution in [1.29, 1.82) is 0 Å². The maximum Gasteiger partial charge on any atom is 0.306 e. The number of hydrogen-bond donors (Lipinski definition) is 1. The maximum absolute atomic E-state index is 12.2. The molecule has 5 nitrogen and oxygen atoms in total. The first-order valence-corrected chi connectivity index (χ1v) is 22.5. The van der Waals surface area contributed by atoms with Gasteiger partial charge in [-0.15, -0.1) is 0 Å². The van der Waals surface area contributed by atoms with Gasteiger partial charge in [0.1, 0.15) is 6.61 Å². The fraction of sp³-hybridized carbons (Fsp3) is 0.714. The molecule has 0 fully saturated rings. The predicted molar refractivity (Wildman–Crippen MR) is 233 cm³/mol. The van der Waals surface area contributed by atoms with Gasteiger partial charge in [-0.2, -0.15) is 0 Å². The van der Waals surface area contributed by atoms with E-state index in [1.165, 1.54) is 122 Å². The van der Waals surface area contributed by atoms with Crippen molar-refractivity contribution in [2.75, 3.05) is 13.2 Å². The van der Waals surface area contributed by atoms with Gasteiger partial charge in [0.25, 0.3) is 0 Å². The summed E-state index contributed by atoms with van der Waals surface area (Å²) in [7, 11) is 0. The number of esters is 2. The smallest absolute Gasteiger partial charge is 0.306 e. The fourth-order valence-electron chi connectivity index (χ4n) is 6.04.